The SMILES string of the molecule is CNC(c1cc(C)cc(Cl)c1)c1c(Cl)cnn1C(C)C. The Kier molecular flexibility index (Phi) is 4.74. The van der Waals surface area contributed by atoms with Crippen LogP contribution in [0.1, 0.15) is 42.8 Å². The van der Waals surface area contributed by atoms with Crippen LogP contribution in [0.2, 0.25) is 10.0 Å². The molecule has 1 aromatic heterocycles. The van der Waals surface area contributed by atoms with Crippen LogP contribution in [0.5, 0.6) is 0 Å². The molecule has 108 valence electrons. The van der Waals surface area contributed by atoms with Gasteiger partial charge in [-0.05, 0) is 51.1 Å². The molecule has 2 rings (SSSR count). The second kappa shape index (κ2) is 6.17. The van der Waals surface area contributed by atoms with Crippen LogP contribution in [0.4, 0.5) is 0 Å². The molecule has 0 spiro atoms. The van der Waals surface area contributed by atoms with Crippen LogP contribution in [0.25, 0.3) is 0 Å². The van der Waals surface area contributed by atoms with E-state index in [0.717, 1.165) is 21.8 Å². The Hall–Kier alpha value is -1.03. The average Bonchev–Trinajstić information content (AvgIpc) is 2.72. The summed E-state index contributed by atoms with van der Waals surface area (Å²) in [6, 6.07) is 6.22. The van der Waals surface area contributed by atoms with Crippen LogP contribution in [0.3, 0.4) is 0 Å². The maximum absolute atomic E-state index is 6.34. The molecule has 0 aliphatic carbocycles. The van der Waals surface area contributed by atoms with Crippen molar-refractivity contribution >= 4 is 23.2 Å². The summed E-state index contributed by atoms with van der Waals surface area (Å²) in [6.07, 6.45) is 1.69. The third kappa shape index (κ3) is 3.00. The van der Waals surface area contributed by atoms with E-state index in [4.69, 9.17) is 23.2 Å². The molecular weight excluding hydrogens is 293 g/mol. The lowest BCUT2D eigenvalue weighted by Crippen LogP contribution is -2.23. The highest BCUT2D eigenvalue weighted by atomic mass is 35.5. The first-order valence-corrected chi connectivity index (χ1v) is 7.37. The number of aryl methyl sites for hydroxylation is 1. The molecule has 1 unspecified atom stereocenters. The van der Waals surface area contributed by atoms with E-state index in [1.54, 1.807) is 6.20 Å². The quantitative estimate of drug-likeness (QED) is 0.907. The predicted molar refractivity (Wildman–Crippen MR) is 84.7 cm³/mol. The van der Waals surface area contributed by atoms with Crippen molar-refractivity contribution in [1.82, 2.24) is 15.1 Å². The summed E-state index contributed by atoms with van der Waals surface area (Å²) in [6.45, 7) is 6.20. The molecule has 0 aliphatic rings. The molecule has 1 heterocycles. The standard InChI is InChI=1S/C15H19Cl2N3/c1-9(2)20-15(13(17)8-19-20)14(18-4)11-5-10(3)6-12(16)7-11/h5-9,14,18H,1-4H3. The molecule has 0 fully saturated rings. The van der Waals surface area contributed by atoms with E-state index < -0.39 is 0 Å². The van der Waals surface area contributed by atoms with Gasteiger partial charge >= 0.3 is 0 Å². The van der Waals surface area contributed by atoms with Gasteiger partial charge in [0.1, 0.15) is 0 Å². The highest BCUT2D eigenvalue weighted by Crippen LogP contribution is 2.31. The third-order valence-electron chi connectivity index (χ3n) is 3.24. The van der Waals surface area contributed by atoms with Crippen molar-refractivity contribution < 1.29 is 0 Å². The molecule has 0 aliphatic heterocycles. The van der Waals surface area contributed by atoms with Crippen LogP contribution >= 0.6 is 23.2 Å². The normalized spacial score (nSPS) is 12.9. The Balaban J connectivity index is 2.55. The Morgan fingerprint density at radius 2 is 1.90 bits per heavy atom. The fourth-order valence-corrected chi connectivity index (χ4v) is 2.96. The number of nitrogens with one attached hydrogen (secondary N) is 1. The Morgan fingerprint density at radius 3 is 2.45 bits per heavy atom. The van der Waals surface area contributed by atoms with Crippen LogP contribution < -0.4 is 5.32 Å². The maximum Gasteiger partial charge on any atom is 0.0837 e. The topological polar surface area (TPSA) is 29.9 Å². The lowest BCUT2D eigenvalue weighted by Gasteiger charge is -2.21. The largest absolute Gasteiger partial charge is 0.308 e. The molecule has 0 amide bonds. The van der Waals surface area contributed by atoms with Crippen molar-refractivity contribution in [1.29, 1.82) is 0 Å². The third-order valence-corrected chi connectivity index (χ3v) is 3.75. The maximum atomic E-state index is 6.34. The Bertz CT molecular complexity index is 585. The van der Waals surface area contributed by atoms with Gasteiger partial charge in [0.25, 0.3) is 0 Å². The van der Waals surface area contributed by atoms with E-state index in [2.05, 4.69) is 30.3 Å². The number of halogens is 2. The average molecular weight is 312 g/mol. The predicted octanol–water partition coefficient (Wildman–Crippen LogP) is 4.39. The van der Waals surface area contributed by atoms with E-state index >= 15 is 0 Å². The van der Waals surface area contributed by atoms with Gasteiger partial charge in [-0.15, -0.1) is 0 Å². The first-order valence-electron chi connectivity index (χ1n) is 6.61. The molecule has 20 heavy (non-hydrogen) atoms. The fourth-order valence-electron chi connectivity index (χ4n) is 2.42. The van der Waals surface area contributed by atoms with Gasteiger partial charge in [0.15, 0.2) is 0 Å². The number of nitrogens with zero attached hydrogens (tertiary/aromatic N) is 2. The van der Waals surface area contributed by atoms with Crippen molar-refractivity contribution in [2.24, 2.45) is 0 Å². The number of aromatic nitrogens is 2. The summed E-state index contributed by atoms with van der Waals surface area (Å²) in [5, 5.41) is 9.06. The van der Waals surface area contributed by atoms with E-state index in [1.165, 1.54) is 0 Å². The van der Waals surface area contributed by atoms with Crippen LogP contribution in [0, 0.1) is 6.92 Å². The van der Waals surface area contributed by atoms with Crippen molar-refractivity contribution in [3.05, 3.63) is 51.3 Å². The molecule has 3 nitrogen and oxygen atoms in total. The zero-order valence-corrected chi connectivity index (χ0v) is 13.6. The van der Waals surface area contributed by atoms with Gasteiger partial charge in [-0.1, -0.05) is 29.3 Å². The van der Waals surface area contributed by atoms with E-state index in [9.17, 15) is 0 Å². The zero-order chi connectivity index (χ0) is 14.9. The zero-order valence-electron chi connectivity index (χ0n) is 12.1. The Morgan fingerprint density at radius 1 is 1.20 bits per heavy atom. The number of rotatable bonds is 4. The minimum Gasteiger partial charge on any atom is -0.308 e. The summed E-state index contributed by atoms with van der Waals surface area (Å²) < 4.78 is 1.94. The smallest absolute Gasteiger partial charge is 0.0837 e. The summed E-state index contributed by atoms with van der Waals surface area (Å²) in [5.41, 5.74) is 3.17. The van der Waals surface area contributed by atoms with Crippen molar-refractivity contribution in [3.8, 4) is 0 Å². The van der Waals surface area contributed by atoms with E-state index in [-0.39, 0.29) is 12.1 Å². The highest BCUT2D eigenvalue weighted by molar-refractivity contribution is 6.31. The molecular formula is C15H19Cl2N3. The molecule has 5 heteroatoms. The molecule has 0 bridgehead atoms. The summed E-state index contributed by atoms with van der Waals surface area (Å²) in [4.78, 5) is 0. The summed E-state index contributed by atoms with van der Waals surface area (Å²) >= 11 is 12.5. The van der Waals surface area contributed by atoms with Gasteiger partial charge in [0.05, 0.1) is 23.0 Å². The van der Waals surface area contributed by atoms with Crippen molar-refractivity contribution in [2.45, 2.75) is 32.9 Å². The lowest BCUT2D eigenvalue weighted by molar-refractivity contribution is 0.484. The lowest BCUT2D eigenvalue weighted by atomic mass is 10.0. The van der Waals surface area contributed by atoms with Crippen LogP contribution in [-0.4, -0.2) is 16.8 Å². The van der Waals surface area contributed by atoms with Gasteiger partial charge in [-0.3, -0.25) is 4.68 Å². The van der Waals surface area contributed by atoms with Gasteiger partial charge in [-0.25, -0.2) is 0 Å². The van der Waals surface area contributed by atoms with Gasteiger partial charge in [-0.2, -0.15) is 5.10 Å². The fraction of sp³-hybridized carbons (Fsp3) is 0.400. The highest BCUT2D eigenvalue weighted by Gasteiger charge is 2.22. The number of hydrogen-bond donors (Lipinski definition) is 1. The number of benzene rings is 1. The molecule has 1 aromatic carbocycles. The minimum atomic E-state index is -0.0372. The molecule has 1 N–H and O–H groups in total. The summed E-state index contributed by atoms with van der Waals surface area (Å²) in [5.74, 6) is 0. The van der Waals surface area contributed by atoms with Crippen molar-refractivity contribution in [2.75, 3.05) is 7.05 Å². The van der Waals surface area contributed by atoms with Crippen LogP contribution in [0.15, 0.2) is 24.4 Å². The number of hydrogen-bond acceptors (Lipinski definition) is 2. The molecule has 2 aromatic rings. The molecule has 0 saturated heterocycles. The molecule has 0 saturated carbocycles. The van der Waals surface area contributed by atoms with Crippen LogP contribution in [-0.2, 0) is 0 Å². The molecule has 0 radical (unpaired) electrons. The minimum absolute atomic E-state index is 0.0372. The second-order valence-corrected chi connectivity index (χ2v) is 6.04. The van der Waals surface area contributed by atoms with Gasteiger partial charge in [0.2, 0.25) is 0 Å². The first-order chi connectivity index (χ1) is 9.43. The van der Waals surface area contributed by atoms with E-state index in [1.807, 2.05) is 30.8 Å². The van der Waals surface area contributed by atoms with Gasteiger partial charge in [0, 0.05) is 11.1 Å². The Labute approximate surface area is 129 Å². The van der Waals surface area contributed by atoms with Crippen molar-refractivity contribution in [3.63, 3.8) is 0 Å². The van der Waals surface area contributed by atoms with E-state index in [0.29, 0.717) is 5.02 Å². The monoisotopic (exact) mass is 311 g/mol. The molecule has 1 atom stereocenters. The van der Waals surface area contributed by atoms with Gasteiger partial charge < -0.3 is 5.32 Å². The second-order valence-electron chi connectivity index (χ2n) is 5.20. The first kappa shape index (κ1) is 15.4. The summed E-state index contributed by atoms with van der Waals surface area (Å²) in [7, 11) is 1.91.